The fourth-order valence-electron chi connectivity index (χ4n) is 8.96. The predicted octanol–water partition coefficient (Wildman–Crippen LogP) is 13.3. The van der Waals surface area contributed by atoms with E-state index in [0.29, 0.717) is 17.5 Å². The van der Waals surface area contributed by atoms with Crippen molar-refractivity contribution in [2.45, 2.75) is 6.92 Å². The Morgan fingerprint density at radius 2 is 0.914 bits per heavy atom. The van der Waals surface area contributed by atoms with Gasteiger partial charge >= 0.3 is 0 Å². The molecule has 0 aliphatic heterocycles. The van der Waals surface area contributed by atoms with Crippen LogP contribution in [0.15, 0.2) is 186 Å². The van der Waals surface area contributed by atoms with Crippen molar-refractivity contribution in [3.8, 4) is 45.5 Å². The van der Waals surface area contributed by atoms with Gasteiger partial charge in [0.05, 0.1) is 27.5 Å². The smallest absolute Gasteiger partial charge is 0.164 e. The van der Waals surface area contributed by atoms with Crippen LogP contribution in [-0.2, 0) is 0 Å². The Labute approximate surface area is 332 Å². The molecule has 0 spiro atoms. The van der Waals surface area contributed by atoms with Gasteiger partial charge in [-0.05, 0) is 61.0 Å². The van der Waals surface area contributed by atoms with E-state index in [1.807, 2.05) is 60.7 Å². The van der Waals surface area contributed by atoms with E-state index in [-0.39, 0.29) is 0 Å². The lowest BCUT2D eigenvalue weighted by molar-refractivity contribution is 0.673. The van der Waals surface area contributed by atoms with Gasteiger partial charge in [-0.25, -0.2) is 15.0 Å². The molecule has 12 rings (SSSR count). The van der Waals surface area contributed by atoms with Gasteiger partial charge in [-0.3, -0.25) is 0 Å². The highest BCUT2D eigenvalue weighted by atomic mass is 16.3. The van der Waals surface area contributed by atoms with Gasteiger partial charge < -0.3 is 13.6 Å². The van der Waals surface area contributed by atoms with E-state index in [9.17, 15) is 0 Å². The number of benzene rings is 8. The second-order valence-corrected chi connectivity index (χ2v) is 14.8. The lowest BCUT2D eigenvalue weighted by Gasteiger charge is -2.15. The second-order valence-electron chi connectivity index (χ2n) is 14.8. The van der Waals surface area contributed by atoms with Crippen LogP contribution >= 0.6 is 0 Å². The van der Waals surface area contributed by atoms with Crippen LogP contribution in [0.25, 0.3) is 111 Å². The maximum Gasteiger partial charge on any atom is 0.164 e. The van der Waals surface area contributed by atoms with Crippen molar-refractivity contribution < 1.29 is 4.42 Å². The highest BCUT2D eigenvalue weighted by Gasteiger charge is 2.28. The predicted molar refractivity (Wildman–Crippen MR) is 237 cm³/mol. The summed E-state index contributed by atoms with van der Waals surface area (Å²) in [6.07, 6.45) is 0. The summed E-state index contributed by atoms with van der Waals surface area (Å²) in [7, 11) is 0. The largest absolute Gasteiger partial charge is 0.455 e. The normalized spacial score (nSPS) is 11.9. The molecule has 0 saturated carbocycles. The van der Waals surface area contributed by atoms with Crippen LogP contribution in [0.1, 0.15) is 5.56 Å². The zero-order chi connectivity index (χ0) is 38.3. The van der Waals surface area contributed by atoms with Crippen molar-refractivity contribution in [2.24, 2.45) is 0 Å². The molecule has 12 aromatic rings. The Morgan fingerprint density at radius 3 is 1.55 bits per heavy atom. The molecule has 6 heteroatoms. The Hall–Kier alpha value is -7.83. The van der Waals surface area contributed by atoms with Gasteiger partial charge in [-0.1, -0.05) is 133 Å². The van der Waals surface area contributed by atoms with Gasteiger partial charge in [0.1, 0.15) is 11.2 Å². The monoisotopic (exact) mass is 743 g/mol. The molecule has 0 saturated heterocycles. The topological polar surface area (TPSA) is 61.7 Å². The second kappa shape index (κ2) is 12.6. The fourth-order valence-corrected chi connectivity index (χ4v) is 8.96. The minimum atomic E-state index is 0.636. The van der Waals surface area contributed by atoms with Crippen LogP contribution in [0.5, 0.6) is 0 Å². The van der Waals surface area contributed by atoms with Crippen molar-refractivity contribution in [2.75, 3.05) is 0 Å². The molecule has 0 unspecified atom stereocenters. The molecule has 0 aliphatic rings. The standard InChI is InChI=1S/C52H33N5O/c1-32-31-36(29-30-37(32)52-54-50(33-17-5-2-6-18-33)53-51(55-52)34-19-7-3-8-20-34)57-41-26-14-11-23-38(41)44-45-40-25-13-16-28-43(40)58-49(45)46-39-24-12-15-27-42(39)56(48(46)47(44)57)35-21-9-4-10-22-35/h2-31H,1H3. The summed E-state index contributed by atoms with van der Waals surface area (Å²) < 4.78 is 11.8. The molecule has 0 fully saturated rings. The average molecular weight is 744 g/mol. The van der Waals surface area contributed by atoms with Crippen molar-refractivity contribution in [1.82, 2.24) is 24.1 Å². The van der Waals surface area contributed by atoms with Gasteiger partial charge in [0, 0.05) is 55.0 Å². The van der Waals surface area contributed by atoms with E-state index in [1.165, 1.54) is 10.8 Å². The lowest BCUT2D eigenvalue weighted by atomic mass is 10.0. The maximum atomic E-state index is 6.92. The SMILES string of the molecule is Cc1cc(-n2c3ccccc3c3c4c5ccccc5oc4c4c5ccccc5n(-c5ccccc5)c4c32)ccc1-c1nc(-c2ccccc2)nc(-c2ccccc2)n1. The van der Waals surface area contributed by atoms with Crippen LogP contribution in [0, 0.1) is 6.92 Å². The number of hydrogen-bond donors (Lipinski definition) is 0. The molecule has 0 atom stereocenters. The third-order valence-electron chi connectivity index (χ3n) is 11.5. The van der Waals surface area contributed by atoms with Gasteiger partial charge in [-0.2, -0.15) is 0 Å². The highest BCUT2D eigenvalue weighted by Crippen LogP contribution is 2.49. The average Bonchev–Trinajstić information content (AvgIpc) is 3.95. The molecule has 58 heavy (non-hydrogen) atoms. The Kier molecular flexibility index (Phi) is 7.04. The first kappa shape index (κ1) is 32.4. The number of aromatic nitrogens is 5. The molecule has 8 aromatic carbocycles. The van der Waals surface area contributed by atoms with Gasteiger partial charge in [0.2, 0.25) is 0 Å². The van der Waals surface area contributed by atoms with Crippen LogP contribution in [0.4, 0.5) is 0 Å². The minimum absolute atomic E-state index is 0.636. The molecule has 0 amide bonds. The number of nitrogens with zero attached hydrogens (tertiary/aromatic N) is 5. The summed E-state index contributed by atoms with van der Waals surface area (Å²) in [5.41, 5.74) is 12.3. The quantitative estimate of drug-likeness (QED) is 0.176. The summed E-state index contributed by atoms with van der Waals surface area (Å²) in [5, 5.41) is 6.82. The Morgan fingerprint density at radius 1 is 0.414 bits per heavy atom. The third-order valence-corrected chi connectivity index (χ3v) is 11.5. The van der Waals surface area contributed by atoms with Crippen LogP contribution in [0.3, 0.4) is 0 Å². The van der Waals surface area contributed by atoms with E-state index in [0.717, 1.165) is 88.4 Å². The van der Waals surface area contributed by atoms with E-state index >= 15 is 0 Å². The number of hydrogen-bond acceptors (Lipinski definition) is 4. The lowest BCUT2D eigenvalue weighted by Crippen LogP contribution is -2.02. The molecule has 0 N–H and O–H groups in total. The number of fused-ring (bicyclic) bond motifs is 12. The van der Waals surface area contributed by atoms with Gasteiger partial charge in [-0.15, -0.1) is 0 Å². The summed E-state index contributed by atoms with van der Waals surface area (Å²) in [4.78, 5) is 15.1. The first-order chi connectivity index (χ1) is 28.7. The van der Waals surface area contributed by atoms with E-state index in [1.54, 1.807) is 0 Å². The summed E-state index contributed by atoms with van der Waals surface area (Å²) >= 11 is 0. The van der Waals surface area contributed by atoms with Crippen molar-refractivity contribution in [3.05, 3.63) is 188 Å². The number of para-hydroxylation sites is 4. The van der Waals surface area contributed by atoms with Crippen LogP contribution < -0.4 is 0 Å². The molecule has 0 bridgehead atoms. The van der Waals surface area contributed by atoms with Crippen molar-refractivity contribution in [3.63, 3.8) is 0 Å². The molecule has 4 heterocycles. The summed E-state index contributed by atoms with van der Waals surface area (Å²) in [6, 6.07) is 63.5. The van der Waals surface area contributed by atoms with Crippen molar-refractivity contribution >= 4 is 65.6 Å². The number of aryl methyl sites for hydroxylation is 1. The Balaban J connectivity index is 1.19. The molecule has 0 aliphatic carbocycles. The zero-order valence-electron chi connectivity index (χ0n) is 31.5. The van der Waals surface area contributed by atoms with E-state index in [4.69, 9.17) is 19.4 Å². The first-order valence-electron chi connectivity index (χ1n) is 19.5. The Bertz CT molecular complexity index is 3510. The molecular weight excluding hydrogens is 711 g/mol. The van der Waals surface area contributed by atoms with E-state index in [2.05, 4.69) is 137 Å². The molecular formula is C52H33N5O. The fraction of sp³-hybridized carbons (Fsp3) is 0.0192. The molecule has 0 radical (unpaired) electrons. The minimum Gasteiger partial charge on any atom is -0.455 e. The van der Waals surface area contributed by atoms with Crippen LogP contribution in [-0.4, -0.2) is 24.1 Å². The zero-order valence-corrected chi connectivity index (χ0v) is 31.5. The van der Waals surface area contributed by atoms with Gasteiger partial charge in [0.25, 0.3) is 0 Å². The van der Waals surface area contributed by atoms with Crippen LogP contribution in [0.2, 0.25) is 0 Å². The van der Waals surface area contributed by atoms with Gasteiger partial charge in [0.15, 0.2) is 17.5 Å². The first-order valence-corrected chi connectivity index (χ1v) is 19.5. The van der Waals surface area contributed by atoms with E-state index < -0.39 is 0 Å². The summed E-state index contributed by atoms with van der Waals surface area (Å²) in [5.74, 6) is 1.92. The molecule has 4 aromatic heterocycles. The van der Waals surface area contributed by atoms with Crippen molar-refractivity contribution in [1.29, 1.82) is 0 Å². The molecule has 272 valence electrons. The highest BCUT2D eigenvalue weighted by molar-refractivity contribution is 6.39. The molecule has 6 nitrogen and oxygen atoms in total. The third kappa shape index (κ3) is 4.75. The summed E-state index contributed by atoms with van der Waals surface area (Å²) in [6.45, 7) is 2.15. The number of rotatable bonds is 5. The maximum absolute atomic E-state index is 6.92. The number of furan rings is 1.